The lowest BCUT2D eigenvalue weighted by molar-refractivity contribution is -0.122. The largest absolute Gasteiger partial charge is 0.482 e. The number of amides is 1. The SMILES string of the molecule is CC(Oc1cc(C#CCNC(=O)CN2CCCCC2)cnc1N)c1c(Cl)ccc(F)c1Cl. The standard InChI is InChI=1S/C23H25Cl2FN4O2/c1-15(21-17(24)7-8-18(26)22(21)25)32-19-12-16(13-29-23(19)27)6-5-9-28-20(31)14-30-10-3-2-4-11-30/h7-8,12-13,15H,2-4,9-11,14H2,1H3,(H2,27,29)(H,28,31). The lowest BCUT2D eigenvalue weighted by Crippen LogP contribution is -2.39. The molecule has 170 valence electrons. The highest BCUT2D eigenvalue weighted by Crippen LogP contribution is 2.35. The first-order chi connectivity index (χ1) is 15.3. The number of carbonyl (C=O) groups is 1. The molecule has 0 bridgehead atoms. The number of halogens is 3. The number of piperidine rings is 1. The highest BCUT2D eigenvalue weighted by Gasteiger charge is 2.20. The van der Waals surface area contributed by atoms with Crippen molar-refractivity contribution in [2.75, 3.05) is 31.9 Å². The third-order valence-electron chi connectivity index (χ3n) is 5.09. The van der Waals surface area contributed by atoms with E-state index in [1.807, 2.05) is 0 Å². The Hall–Kier alpha value is -2.53. The molecule has 2 aromatic rings. The Kier molecular flexibility index (Phi) is 8.57. The van der Waals surface area contributed by atoms with Crippen LogP contribution in [0.25, 0.3) is 0 Å². The van der Waals surface area contributed by atoms with Crippen molar-refractivity contribution in [3.05, 3.63) is 51.4 Å². The molecule has 3 rings (SSSR count). The summed E-state index contributed by atoms with van der Waals surface area (Å²) in [6.45, 7) is 4.22. The molecule has 1 aliphatic heterocycles. The fourth-order valence-corrected chi connectivity index (χ4v) is 4.13. The molecule has 6 nitrogen and oxygen atoms in total. The van der Waals surface area contributed by atoms with Gasteiger partial charge in [-0.2, -0.15) is 0 Å². The van der Waals surface area contributed by atoms with E-state index < -0.39 is 11.9 Å². The van der Waals surface area contributed by atoms with Gasteiger partial charge in [0.15, 0.2) is 11.6 Å². The number of pyridine rings is 1. The van der Waals surface area contributed by atoms with Crippen molar-refractivity contribution in [1.82, 2.24) is 15.2 Å². The van der Waals surface area contributed by atoms with Crippen molar-refractivity contribution in [2.45, 2.75) is 32.3 Å². The molecule has 9 heteroatoms. The van der Waals surface area contributed by atoms with E-state index >= 15 is 0 Å². The van der Waals surface area contributed by atoms with Gasteiger partial charge in [-0.25, -0.2) is 9.37 Å². The van der Waals surface area contributed by atoms with E-state index in [0.717, 1.165) is 25.9 Å². The van der Waals surface area contributed by atoms with Gasteiger partial charge in [0.25, 0.3) is 0 Å². The normalized spacial score (nSPS) is 14.9. The molecule has 32 heavy (non-hydrogen) atoms. The Morgan fingerprint density at radius 3 is 2.84 bits per heavy atom. The molecule has 0 spiro atoms. The van der Waals surface area contributed by atoms with Crippen LogP contribution in [0.5, 0.6) is 5.75 Å². The zero-order valence-corrected chi connectivity index (χ0v) is 19.3. The average molecular weight is 479 g/mol. The summed E-state index contributed by atoms with van der Waals surface area (Å²) in [5, 5.41) is 2.98. The molecule has 1 atom stereocenters. The number of nitrogen functional groups attached to an aromatic ring is 1. The number of aromatic nitrogens is 1. The second-order valence-electron chi connectivity index (χ2n) is 7.54. The minimum absolute atomic E-state index is 0.0432. The van der Waals surface area contributed by atoms with Crippen LogP contribution in [0, 0.1) is 17.7 Å². The molecule has 1 aromatic carbocycles. The first kappa shape index (κ1) is 24.1. The van der Waals surface area contributed by atoms with E-state index in [-0.39, 0.29) is 34.1 Å². The van der Waals surface area contributed by atoms with Gasteiger partial charge >= 0.3 is 0 Å². The molecule has 0 radical (unpaired) electrons. The van der Waals surface area contributed by atoms with Gasteiger partial charge in [0, 0.05) is 28.4 Å². The molecule has 2 heterocycles. The summed E-state index contributed by atoms with van der Waals surface area (Å²) in [6.07, 6.45) is 4.34. The van der Waals surface area contributed by atoms with Gasteiger partial charge in [0.2, 0.25) is 5.91 Å². The van der Waals surface area contributed by atoms with E-state index in [0.29, 0.717) is 17.7 Å². The molecule has 0 aliphatic carbocycles. The maximum absolute atomic E-state index is 13.8. The number of nitrogens with two attached hydrogens (primary N) is 1. The van der Waals surface area contributed by atoms with Gasteiger partial charge in [-0.3, -0.25) is 9.69 Å². The van der Waals surface area contributed by atoms with E-state index in [1.54, 1.807) is 13.0 Å². The molecular formula is C23H25Cl2FN4O2. The summed E-state index contributed by atoms with van der Waals surface area (Å²) in [4.78, 5) is 18.3. The van der Waals surface area contributed by atoms with Crippen LogP contribution in [0.4, 0.5) is 10.2 Å². The number of hydrogen-bond donors (Lipinski definition) is 2. The number of likely N-dealkylation sites (tertiary alicyclic amines) is 1. The van der Waals surface area contributed by atoms with Crippen molar-refractivity contribution in [2.24, 2.45) is 0 Å². The van der Waals surface area contributed by atoms with Crippen molar-refractivity contribution in [3.63, 3.8) is 0 Å². The summed E-state index contributed by atoms with van der Waals surface area (Å²) in [5.74, 6) is 5.62. The maximum Gasteiger partial charge on any atom is 0.234 e. The van der Waals surface area contributed by atoms with Crippen LogP contribution >= 0.6 is 23.2 Å². The van der Waals surface area contributed by atoms with E-state index in [1.165, 1.54) is 24.8 Å². The quantitative estimate of drug-likeness (QED) is 0.480. The predicted molar refractivity (Wildman–Crippen MR) is 124 cm³/mol. The molecule has 1 amide bonds. The van der Waals surface area contributed by atoms with Crippen LogP contribution in [-0.2, 0) is 4.79 Å². The molecule has 3 N–H and O–H groups in total. The Labute approximate surface area is 197 Å². The van der Waals surface area contributed by atoms with Crippen molar-refractivity contribution < 1.29 is 13.9 Å². The van der Waals surface area contributed by atoms with Crippen molar-refractivity contribution in [1.29, 1.82) is 0 Å². The minimum Gasteiger partial charge on any atom is -0.482 e. The van der Waals surface area contributed by atoms with Gasteiger partial charge in [-0.05, 0) is 45.0 Å². The van der Waals surface area contributed by atoms with Gasteiger partial charge in [-0.1, -0.05) is 41.5 Å². The number of anilines is 1. The first-order valence-corrected chi connectivity index (χ1v) is 11.1. The van der Waals surface area contributed by atoms with Crippen LogP contribution in [0.15, 0.2) is 24.4 Å². The fourth-order valence-electron chi connectivity index (χ4n) is 3.45. The lowest BCUT2D eigenvalue weighted by Gasteiger charge is -2.25. The molecule has 1 aliphatic rings. The van der Waals surface area contributed by atoms with Crippen molar-refractivity contribution in [3.8, 4) is 17.6 Å². The summed E-state index contributed by atoms with van der Waals surface area (Å²) < 4.78 is 19.7. The fraction of sp³-hybridized carbons (Fsp3) is 0.391. The topological polar surface area (TPSA) is 80.5 Å². The summed E-state index contributed by atoms with van der Waals surface area (Å²) in [7, 11) is 0. The molecule has 1 aromatic heterocycles. The van der Waals surface area contributed by atoms with Gasteiger partial charge in [0.05, 0.1) is 18.1 Å². The Bertz CT molecular complexity index is 1030. The van der Waals surface area contributed by atoms with Crippen LogP contribution in [0.1, 0.15) is 43.4 Å². The third-order valence-corrected chi connectivity index (χ3v) is 5.81. The van der Waals surface area contributed by atoms with Crippen LogP contribution in [0.3, 0.4) is 0 Å². The summed E-state index contributed by atoms with van der Waals surface area (Å²) in [5.41, 5.74) is 6.80. The number of nitrogens with zero attached hydrogens (tertiary/aromatic N) is 2. The number of carbonyl (C=O) groups excluding carboxylic acids is 1. The zero-order chi connectivity index (χ0) is 23.1. The Morgan fingerprint density at radius 1 is 1.34 bits per heavy atom. The smallest absolute Gasteiger partial charge is 0.234 e. The predicted octanol–water partition coefficient (Wildman–Crippen LogP) is 4.20. The average Bonchev–Trinajstić information content (AvgIpc) is 2.77. The molecule has 0 saturated carbocycles. The van der Waals surface area contributed by atoms with Crippen LogP contribution in [-0.4, -0.2) is 42.0 Å². The lowest BCUT2D eigenvalue weighted by atomic mass is 10.1. The molecule has 1 unspecified atom stereocenters. The van der Waals surface area contributed by atoms with E-state index in [9.17, 15) is 9.18 Å². The molecule has 1 saturated heterocycles. The van der Waals surface area contributed by atoms with Gasteiger partial charge < -0.3 is 15.8 Å². The summed E-state index contributed by atoms with van der Waals surface area (Å²) >= 11 is 12.2. The van der Waals surface area contributed by atoms with Gasteiger partial charge in [0.1, 0.15) is 11.9 Å². The summed E-state index contributed by atoms with van der Waals surface area (Å²) in [6, 6.07) is 4.24. The van der Waals surface area contributed by atoms with Gasteiger partial charge in [-0.15, -0.1) is 0 Å². The minimum atomic E-state index is -0.674. The molecule has 1 fully saturated rings. The highest BCUT2D eigenvalue weighted by atomic mass is 35.5. The van der Waals surface area contributed by atoms with E-state index in [2.05, 4.69) is 27.0 Å². The zero-order valence-electron chi connectivity index (χ0n) is 17.8. The molecular weight excluding hydrogens is 454 g/mol. The number of rotatable bonds is 6. The number of ether oxygens (including phenoxy) is 1. The number of hydrogen-bond acceptors (Lipinski definition) is 5. The van der Waals surface area contributed by atoms with Crippen LogP contribution < -0.4 is 15.8 Å². The highest BCUT2D eigenvalue weighted by molar-refractivity contribution is 6.36. The number of benzene rings is 1. The van der Waals surface area contributed by atoms with Crippen molar-refractivity contribution >= 4 is 34.9 Å². The maximum atomic E-state index is 13.8. The monoisotopic (exact) mass is 478 g/mol. The Balaban J connectivity index is 1.60. The second-order valence-corrected chi connectivity index (χ2v) is 8.32. The van der Waals surface area contributed by atoms with Crippen LogP contribution in [0.2, 0.25) is 10.0 Å². The second kappa shape index (κ2) is 11.4. The Morgan fingerprint density at radius 2 is 2.09 bits per heavy atom. The number of nitrogens with one attached hydrogen (secondary N) is 1. The first-order valence-electron chi connectivity index (χ1n) is 10.4. The third kappa shape index (κ3) is 6.49. The van der Waals surface area contributed by atoms with E-state index in [4.69, 9.17) is 33.7 Å².